The van der Waals surface area contributed by atoms with E-state index in [4.69, 9.17) is 16.7 Å². The minimum atomic E-state index is -1.05. The van der Waals surface area contributed by atoms with Gasteiger partial charge < -0.3 is 10.1 Å². The molecular formula is C15H14ClNO3. The van der Waals surface area contributed by atoms with Gasteiger partial charge >= 0.3 is 5.97 Å². The van der Waals surface area contributed by atoms with Crippen molar-refractivity contribution >= 4 is 28.5 Å². The third-order valence-corrected chi connectivity index (χ3v) is 3.30. The Morgan fingerprint density at radius 3 is 2.75 bits per heavy atom. The first-order chi connectivity index (χ1) is 9.40. The molecule has 0 atom stereocenters. The molecule has 0 unspecified atom stereocenters. The van der Waals surface area contributed by atoms with Gasteiger partial charge in [0.25, 0.3) is 0 Å². The van der Waals surface area contributed by atoms with Crippen LogP contribution in [0.5, 0.6) is 0 Å². The predicted octanol–water partition coefficient (Wildman–Crippen LogP) is 3.22. The first-order valence-electron chi connectivity index (χ1n) is 6.11. The standard InChI is InChI=1S/C15H14ClNO3/c1-8(16)3-5-11-9(2)17-13-6-4-10(15(19)20)7-12(13)14(11)18/h3-4,6-7H,5H2,1-2H3,(H,17,18)(H,19,20)/b8-3-. The average Bonchev–Trinajstić information content (AvgIpc) is 2.37. The molecule has 0 radical (unpaired) electrons. The fraction of sp³-hybridized carbons (Fsp3) is 0.200. The Hall–Kier alpha value is -2.07. The summed E-state index contributed by atoms with van der Waals surface area (Å²) in [7, 11) is 0. The van der Waals surface area contributed by atoms with E-state index >= 15 is 0 Å². The number of fused-ring (bicyclic) bond motifs is 1. The molecule has 1 aromatic carbocycles. The van der Waals surface area contributed by atoms with Gasteiger partial charge in [-0.3, -0.25) is 4.79 Å². The average molecular weight is 292 g/mol. The van der Waals surface area contributed by atoms with Crippen molar-refractivity contribution < 1.29 is 9.90 Å². The number of carbonyl (C=O) groups is 1. The molecule has 0 saturated carbocycles. The van der Waals surface area contributed by atoms with Crippen LogP contribution in [0.3, 0.4) is 0 Å². The zero-order valence-corrected chi connectivity index (χ0v) is 11.9. The number of halogens is 1. The van der Waals surface area contributed by atoms with Crippen molar-refractivity contribution in [3.05, 3.63) is 56.4 Å². The largest absolute Gasteiger partial charge is 0.478 e. The van der Waals surface area contributed by atoms with Gasteiger partial charge in [-0.1, -0.05) is 17.7 Å². The SMILES string of the molecule is C/C(Cl)=C/Cc1c(C)[nH]c2ccc(C(=O)O)cc2c1=O. The van der Waals surface area contributed by atoms with E-state index in [1.807, 2.05) is 6.92 Å². The van der Waals surface area contributed by atoms with Crippen LogP contribution in [0.2, 0.25) is 0 Å². The molecule has 0 amide bonds. The highest BCUT2D eigenvalue weighted by Gasteiger charge is 2.11. The molecule has 0 spiro atoms. The number of H-pyrrole nitrogens is 1. The highest BCUT2D eigenvalue weighted by Crippen LogP contribution is 2.15. The van der Waals surface area contributed by atoms with E-state index in [9.17, 15) is 9.59 Å². The lowest BCUT2D eigenvalue weighted by molar-refractivity contribution is 0.0697. The lowest BCUT2D eigenvalue weighted by Gasteiger charge is -2.07. The van der Waals surface area contributed by atoms with Crippen molar-refractivity contribution in [2.75, 3.05) is 0 Å². The molecule has 4 nitrogen and oxygen atoms in total. The van der Waals surface area contributed by atoms with Crippen molar-refractivity contribution in [3.63, 3.8) is 0 Å². The van der Waals surface area contributed by atoms with Crippen molar-refractivity contribution in [2.45, 2.75) is 20.3 Å². The molecule has 0 aliphatic rings. The zero-order chi connectivity index (χ0) is 14.9. The van der Waals surface area contributed by atoms with Crippen LogP contribution in [0.15, 0.2) is 34.1 Å². The van der Waals surface area contributed by atoms with Gasteiger partial charge in [0.1, 0.15) is 0 Å². The third kappa shape index (κ3) is 2.75. The summed E-state index contributed by atoms with van der Waals surface area (Å²) in [5.41, 5.74) is 1.93. The molecule has 20 heavy (non-hydrogen) atoms. The number of aromatic carboxylic acids is 1. The molecule has 2 N–H and O–H groups in total. The maximum atomic E-state index is 12.5. The molecule has 0 aliphatic carbocycles. The number of nitrogens with one attached hydrogen (secondary N) is 1. The van der Waals surface area contributed by atoms with E-state index in [0.717, 1.165) is 5.69 Å². The van der Waals surface area contributed by atoms with Crippen LogP contribution >= 0.6 is 11.6 Å². The number of aromatic nitrogens is 1. The van der Waals surface area contributed by atoms with Crippen molar-refractivity contribution in [1.29, 1.82) is 0 Å². The molecule has 104 valence electrons. The van der Waals surface area contributed by atoms with E-state index in [0.29, 0.717) is 27.9 Å². The highest BCUT2D eigenvalue weighted by molar-refractivity contribution is 6.29. The van der Waals surface area contributed by atoms with Gasteiger partial charge in [-0.05, 0) is 38.5 Å². The number of aromatic amines is 1. The molecule has 0 fully saturated rings. The van der Waals surface area contributed by atoms with Crippen molar-refractivity contribution in [3.8, 4) is 0 Å². The molecule has 0 saturated heterocycles. The molecule has 1 aromatic heterocycles. The van der Waals surface area contributed by atoms with Gasteiger partial charge in [0.15, 0.2) is 5.43 Å². The van der Waals surface area contributed by atoms with Gasteiger partial charge in [0.2, 0.25) is 0 Å². The first kappa shape index (κ1) is 14.3. The second kappa shape index (κ2) is 5.51. The van der Waals surface area contributed by atoms with Crippen LogP contribution in [-0.2, 0) is 6.42 Å². The summed E-state index contributed by atoms with van der Waals surface area (Å²) in [5, 5.41) is 9.99. The first-order valence-corrected chi connectivity index (χ1v) is 6.49. The molecule has 2 aromatic rings. The Morgan fingerprint density at radius 2 is 2.15 bits per heavy atom. The van der Waals surface area contributed by atoms with Crippen LogP contribution in [0.1, 0.15) is 28.5 Å². The van der Waals surface area contributed by atoms with Crippen LogP contribution in [0.4, 0.5) is 0 Å². The third-order valence-electron chi connectivity index (χ3n) is 3.15. The maximum absolute atomic E-state index is 12.5. The second-order valence-electron chi connectivity index (χ2n) is 4.62. The molecule has 5 heteroatoms. The minimum absolute atomic E-state index is 0.0990. The number of pyridine rings is 1. The van der Waals surface area contributed by atoms with Gasteiger partial charge in [-0.2, -0.15) is 0 Å². The Morgan fingerprint density at radius 1 is 1.45 bits per heavy atom. The summed E-state index contributed by atoms with van der Waals surface area (Å²) in [6.45, 7) is 3.56. The maximum Gasteiger partial charge on any atom is 0.335 e. The predicted molar refractivity (Wildman–Crippen MR) is 79.6 cm³/mol. The van der Waals surface area contributed by atoms with Crippen LogP contribution < -0.4 is 5.43 Å². The van der Waals surface area contributed by atoms with Gasteiger partial charge in [0.05, 0.1) is 5.56 Å². The van der Waals surface area contributed by atoms with E-state index in [1.165, 1.54) is 12.1 Å². The molecule has 1 heterocycles. The molecule has 2 rings (SSSR count). The number of carboxylic acids is 1. The van der Waals surface area contributed by atoms with Crippen LogP contribution in [0, 0.1) is 6.92 Å². The molecule has 0 aliphatic heterocycles. The number of carboxylic acid groups (broad SMARTS) is 1. The Labute approximate surface area is 120 Å². The minimum Gasteiger partial charge on any atom is -0.478 e. The van der Waals surface area contributed by atoms with E-state index in [1.54, 1.807) is 19.1 Å². The smallest absolute Gasteiger partial charge is 0.335 e. The molecular weight excluding hydrogens is 278 g/mol. The zero-order valence-electron chi connectivity index (χ0n) is 11.2. The Kier molecular flexibility index (Phi) is 3.95. The normalized spacial score (nSPS) is 11.8. The lowest BCUT2D eigenvalue weighted by Crippen LogP contribution is -2.13. The fourth-order valence-electron chi connectivity index (χ4n) is 2.07. The number of benzene rings is 1. The second-order valence-corrected chi connectivity index (χ2v) is 5.21. The van der Waals surface area contributed by atoms with Gasteiger partial charge in [-0.15, -0.1) is 0 Å². The van der Waals surface area contributed by atoms with E-state index in [-0.39, 0.29) is 11.0 Å². The summed E-state index contributed by atoms with van der Waals surface area (Å²) in [5.74, 6) is -1.05. The van der Waals surface area contributed by atoms with Crippen molar-refractivity contribution in [2.24, 2.45) is 0 Å². The van der Waals surface area contributed by atoms with Crippen molar-refractivity contribution in [1.82, 2.24) is 4.98 Å². The highest BCUT2D eigenvalue weighted by atomic mass is 35.5. The number of rotatable bonds is 3. The molecule has 0 bridgehead atoms. The monoisotopic (exact) mass is 291 g/mol. The quantitative estimate of drug-likeness (QED) is 0.912. The van der Waals surface area contributed by atoms with Gasteiger partial charge in [0, 0.05) is 27.2 Å². The number of hydrogen-bond acceptors (Lipinski definition) is 2. The summed E-state index contributed by atoms with van der Waals surface area (Å²) in [6.07, 6.45) is 2.18. The number of hydrogen-bond donors (Lipinski definition) is 2. The topological polar surface area (TPSA) is 70.2 Å². The van der Waals surface area contributed by atoms with Gasteiger partial charge in [-0.25, -0.2) is 4.79 Å². The van der Waals surface area contributed by atoms with E-state index < -0.39 is 5.97 Å². The number of allylic oxidation sites excluding steroid dienone is 2. The Balaban J connectivity index is 2.68. The van der Waals surface area contributed by atoms with Crippen LogP contribution in [0.25, 0.3) is 10.9 Å². The number of aryl methyl sites for hydroxylation is 1. The Bertz CT molecular complexity index is 771. The summed E-state index contributed by atoms with van der Waals surface area (Å²) in [6, 6.07) is 4.48. The summed E-state index contributed by atoms with van der Waals surface area (Å²) in [4.78, 5) is 26.6. The van der Waals surface area contributed by atoms with Crippen LogP contribution in [-0.4, -0.2) is 16.1 Å². The fourth-order valence-corrected chi connectivity index (χ4v) is 2.15. The summed E-state index contributed by atoms with van der Waals surface area (Å²) < 4.78 is 0. The van der Waals surface area contributed by atoms with E-state index in [2.05, 4.69) is 4.98 Å². The lowest BCUT2D eigenvalue weighted by atomic mass is 10.0. The summed E-state index contributed by atoms with van der Waals surface area (Å²) >= 11 is 5.79.